The number of anilines is 4. The van der Waals surface area contributed by atoms with Crippen molar-refractivity contribution >= 4 is 34.6 Å². The van der Waals surface area contributed by atoms with E-state index in [1.54, 1.807) is 12.3 Å². The van der Waals surface area contributed by atoms with Crippen LogP contribution < -0.4 is 27.4 Å². The van der Waals surface area contributed by atoms with E-state index in [0.29, 0.717) is 12.2 Å². The number of aromatic nitrogens is 3. The van der Waals surface area contributed by atoms with Gasteiger partial charge in [0.2, 0.25) is 0 Å². The predicted molar refractivity (Wildman–Crippen MR) is 129 cm³/mol. The third-order valence-electron chi connectivity index (χ3n) is 5.61. The van der Waals surface area contributed by atoms with Crippen LogP contribution in [0.2, 0.25) is 0 Å². The number of carbonyl (C=O) groups is 2. The summed E-state index contributed by atoms with van der Waals surface area (Å²) in [5, 5.41) is 2.79. The van der Waals surface area contributed by atoms with Crippen molar-refractivity contribution in [3.05, 3.63) is 53.9 Å². The minimum atomic E-state index is -0.835. The second-order valence-electron chi connectivity index (χ2n) is 8.08. The van der Waals surface area contributed by atoms with Gasteiger partial charge in [0.1, 0.15) is 5.69 Å². The van der Waals surface area contributed by atoms with Crippen molar-refractivity contribution in [1.82, 2.24) is 15.0 Å². The first-order valence-electron chi connectivity index (χ1n) is 10.9. The van der Waals surface area contributed by atoms with Crippen molar-refractivity contribution in [2.24, 2.45) is 5.73 Å². The van der Waals surface area contributed by atoms with Crippen LogP contribution in [0.5, 0.6) is 0 Å². The first-order valence-corrected chi connectivity index (χ1v) is 10.9. The number of nitrogens with one attached hydrogen (secondary N) is 1. The molecule has 11 nitrogen and oxygen atoms in total. The number of hydrogen-bond donors (Lipinski definition) is 4. The number of methoxy groups -OCH3 is 1. The fourth-order valence-electron chi connectivity index (χ4n) is 3.90. The Balaban J connectivity index is 1.66. The molecule has 1 amide bonds. The minimum absolute atomic E-state index is 0.0135. The average Bonchev–Trinajstić information content (AvgIpc) is 2.84. The molecule has 0 aromatic carbocycles. The number of hydrogen-bond acceptors (Lipinski definition) is 10. The lowest BCUT2D eigenvalue weighted by molar-refractivity contribution is 0.0595. The Bertz CT molecular complexity index is 1290. The van der Waals surface area contributed by atoms with Gasteiger partial charge in [-0.1, -0.05) is 0 Å². The van der Waals surface area contributed by atoms with E-state index in [9.17, 15) is 14.0 Å². The van der Waals surface area contributed by atoms with Gasteiger partial charge in [-0.15, -0.1) is 0 Å². The summed E-state index contributed by atoms with van der Waals surface area (Å²) in [5.41, 5.74) is 18.2. The molecule has 0 aliphatic carbocycles. The Hall–Kier alpha value is -4.32. The number of pyridine rings is 3. The van der Waals surface area contributed by atoms with Crippen molar-refractivity contribution in [1.29, 1.82) is 0 Å². The second kappa shape index (κ2) is 9.89. The Kier molecular flexibility index (Phi) is 6.73. The third-order valence-corrected chi connectivity index (χ3v) is 5.61. The third kappa shape index (κ3) is 4.96. The van der Waals surface area contributed by atoms with Crippen molar-refractivity contribution < 1.29 is 18.7 Å². The van der Waals surface area contributed by atoms with Gasteiger partial charge < -0.3 is 32.2 Å². The number of nitrogens with zero attached hydrogens (tertiary/aromatic N) is 4. The highest BCUT2D eigenvalue weighted by atomic mass is 19.1. The number of halogens is 1. The molecule has 0 bridgehead atoms. The van der Waals surface area contributed by atoms with Crippen molar-refractivity contribution in [3.8, 4) is 11.4 Å². The van der Waals surface area contributed by atoms with Gasteiger partial charge in [0.25, 0.3) is 5.91 Å². The van der Waals surface area contributed by atoms with Crippen LogP contribution in [0.3, 0.4) is 0 Å². The van der Waals surface area contributed by atoms with Gasteiger partial charge in [-0.2, -0.15) is 0 Å². The zero-order valence-corrected chi connectivity index (χ0v) is 19.0. The highest BCUT2D eigenvalue weighted by molar-refractivity contribution is 6.08. The fraction of sp³-hybridized carbons (Fsp3) is 0.261. The molecule has 3 aromatic rings. The molecule has 0 spiro atoms. The summed E-state index contributed by atoms with van der Waals surface area (Å²) in [7, 11) is 1.15. The van der Waals surface area contributed by atoms with E-state index in [1.807, 2.05) is 0 Å². The maximum absolute atomic E-state index is 14.7. The lowest BCUT2D eigenvalue weighted by Gasteiger charge is -2.33. The van der Waals surface area contributed by atoms with Gasteiger partial charge in [-0.05, 0) is 31.0 Å². The first kappa shape index (κ1) is 23.8. The van der Waals surface area contributed by atoms with Crippen LogP contribution in [0, 0.1) is 5.82 Å². The Labute approximate surface area is 200 Å². The normalized spacial score (nSPS) is 15.5. The second-order valence-corrected chi connectivity index (χ2v) is 8.08. The van der Waals surface area contributed by atoms with E-state index in [0.717, 1.165) is 38.2 Å². The van der Waals surface area contributed by atoms with Crippen LogP contribution in [0.1, 0.15) is 33.8 Å². The van der Waals surface area contributed by atoms with Crippen molar-refractivity contribution in [2.75, 3.05) is 41.9 Å². The molecule has 0 unspecified atom stereocenters. The van der Waals surface area contributed by atoms with E-state index >= 15 is 0 Å². The smallest absolute Gasteiger partial charge is 0.358 e. The highest BCUT2D eigenvalue weighted by Gasteiger charge is 2.23. The topological polar surface area (TPSA) is 175 Å². The molecule has 7 N–H and O–H groups in total. The molecule has 12 heteroatoms. The van der Waals surface area contributed by atoms with Gasteiger partial charge in [-0.25, -0.2) is 19.2 Å². The molecular weight excluding hydrogens is 455 g/mol. The van der Waals surface area contributed by atoms with Crippen molar-refractivity contribution in [3.63, 3.8) is 0 Å². The molecule has 1 aliphatic heterocycles. The largest absolute Gasteiger partial charge is 0.464 e. The maximum atomic E-state index is 14.7. The van der Waals surface area contributed by atoms with Gasteiger partial charge in [-0.3, -0.25) is 9.78 Å². The summed E-state index contributed by atoms with van der Waals surface area (Å²) in [4.78, 5) is 39.5. The molecule has 1 fully saturated rings. The number of rotatable bonds is 5. The summed E-state index contributed by atoms with van der Waals surface area (Å²) in [6.45, 7) is 1.44. The van der Waals surface area contributed by atoms with Crippen LogP contribution >= 0.6 is 0 Å². The summed E-state index contributed by atoms with van der Waals surface area (Å²) >= 11 is 0. The average molecular weight is 481 g/mol. The summed E-state index contributed by atoms with van der Waals surface area (Å²) in [6, 6.07) is 5.56. The number of nitrogens with two attached hydrogens (primary N) is 3. The Morgan fingerprint density at radius 1 is 1.17 bits per heavy atom. The van der Waals surface area contributed by atoms with Crippen LogP contribution in [-0.4, -0.2) is 53.1 Å². The lowest BCUT2D eigenvalue weighted by atomic mass is 10.1. The molecule has 4 heterocycles. The van der Waals surface area contributed by atoms with Crippen molar-refractivity contribution in [2.45, 2.75) is 18.9 Å². The molecule has 1 atom stereocenters. The summed E-state index contributed by atoms with van der Waals surface area (Å²) in [6.07, 6.45) is 5.02. The van der Waals surface area contributed by atoms with Gasteiger partial charge >= 0.3 is 5.97 Å². The fourth-order valence-corrected chi connectivity index (χ4v) is 3.90. The van der Waals surface area contributed by atoms with E-state index in [4.69, 9.17) is 17.2 Å². The van der Waals surface area contributed by atoms with Crippen LogP contribution in [0.25, 0.3) is 11.4 Å². The quantitative estimate of drug-likeness (QED) is 0.394. The Morgan fingerprint density at radius 2 is 1.97 bits per heavy atom. The molecule has 1 saturated heterocycles. The first-order chi connectivity index (χ1) is 16.8. The van der Waals surface area contributed by atoms with E-state index in [1.165, 1.54) is 18.3 Å². The zero-order valence-electron chi connectivity index (χ0n) is 19.0. The molecular formula is C23H25FN8O3. The number of carbonyl (C=O) groups excluding carboxylic acids is 2. The van der Waals surface area contributed by atoms with Gasteiger partial charge in [0, 0.05) is 31.4 Å². The summed E-state index contributed by atoms with van der Waals surface area (Å²) in [5.74, 6) is -2.28. The van der Waals surface area contributed by atoms with Gasteiger partial charge in [0.05, 0.1) is 41.8 Å². The molecule has 1 aliphatic rings. The molecule has 0 radical (unpaired) electrons. The predicted octanol–water partition coefficient (Wildman–Crippen LogP) is 1.81. The molecule has 3 aromatic heterocycles. The van der Waals surface area contributed by atoms with Crippen LogP contribution in [0.4, 0.5) is 27.1 Å². The highest BCUT2D eigenvalue weighted by Crippen LogP contribution is 2.29. The molecule has 0 saturated carbocycles. The molecule has 4 rings (SSSR count). The number of piperidine rings is 1. The Morgan fingerprint density at radius 3 is 2.71 bits per heavy atom. The van der Waals surface area contributed by atoms with E-state index in [2.05, 4.69) is 29.9 Å². The number of ether oxygens (including phenoxy) is 1. The number of amides is 1. The minimum Gasteiger partial charge on any atom is -0.464 e. The SMILES string of the molecule is COC(=O)c1nc(-c2ccc(N)c(C(=O)Nc3cnccc3N3CCC[C@H](N)C3)n2)c(F)cc1N. The number of nitrogen functional groups attached to an aromatic ring is 2. The summed E-state index contributed by atoms with van der Waals surface area (Å²) < 4.78 is 19.3. The molecule has 182 valence electrons. The molecule has 35 heavy (non-hydrogen) atoms. The maximum Gasteiger partial charge on any atom is 0.358 e. The standard InChI is InChI=1S/C23H25FN8O3/c1-35-23(34)21-15(27)9-13(24)19(31-21)16-5-4-14(26)20(29-16)22(33)30-17-10-28-7-6-18(17)32-8-2-3-12(25)11-32/h4-7,9-10,12H,2-3,8,11,25-27H2,1H3,(H,30,33)/t12-/m0/s1. The lowest BCUT2D eigenvalue weighted by Crippen LogP contribution is -2.43. The van der Waals surface area contributed by atoms with Crippen LogP contribution in [-0.2, 0) is 4.74 Å². The monoisotopic (exact) mass is 480 g/mol. The number of esters is 1. The van der Waals surface area contributed by atoms with E-state index < -0.39 is 17.7 Å². The van der Waals surface area contributed by atoms with Gasteiger partial charge in [0.15, 0.2) is 17.2 Å². The van der Waals surface area contributed by atoms with E-state index in [-0.39, 0.29) is 40.2 Å². The van der Waals surface area contributed by atoms with Crippen LogP contribution in [0.15, 0.2) is 36.7 Å². The zero-order chi connectivity index (χ0) is 25.1.